The number of hydrogen-bond donors (Lipinski definition) is 0. The van der Waals surface area contributed by atoms with E-state index in [0.29, 0.717) is 59.4 Å². The molecular weight excluding hydrogens is 274 g/mol. The fourth-order valence-electron chi connectivity index (χ4n) is 1.18. The first-order valence-electron chi connectivity index (χ1n) is 7.13. The Kier molecular flexibility index (Phi) is 14.5. The van der Waals surface area contributed by atoms with E-state index in [4.69, 9.17) is 24.5 Å². The van der Waals surface area contributed by atoms with E-state index in [2.05, 4.69) is 30.8 Å². The van der Waals surface area contributed by atoms with E-state index in [1.807, 2.05) is 0 Å². The van der Waals surface area contributed by atoms with Crippen LogP contribution < -0.4 is 0 Å². The topological polar surface area (TPSA) is 85.7 Å². The summed E-state index contributed by atoms with van der Waals surface area (Å²) in [5.41, 5.74) is 10.6. The van der Waals surface area contributed by atoms with Crippen LogP contribution in [0.15, 0.2) is 16.3 Å². The Hall–Kier alpha value is -1.11. The van der Waals surface area contributed by atoms with Crippen molar-refractivity contribution < 1.29 is 18.9 Å². The predicted octanol–water partition coefficient (Wildman–Crippen LogP) is 2.72. The molecule has 0 bridgehead atoms. The zero-order chi connectivity index (χ0) is 15.8. The smallest absolute Gasteiger partial charge is 0.0704 e. The largest absolute Gasteiger partial charge is 0.379 e. The summed E-state index contributed by atoms with van der Waals surface area (Å²) in [6, 6.07) is 0. The molecule has 0 atom stereocenters. The quantitative estimate of drug-likeness (QED) is 0.162. The predicted molar refractivity (Wildman–Crippen MR) is 81.3 cm³/mol. The van der Waals surface area contributed by atoms with E-state index in [9.17, 15) is 0 Å². The lowest BCUT2D eigenvalue weighted by Gasteiger charge is -2.08. The molecule has 0 heterocycles. The third-order valence-electron chi connectivity index (χ3n) is 2.69. The fourth-order valence-corrected chi connectivity index (χ4v) is 1.18. The lowest BCUT2D eigenvalue weighted by Crippen LogP contribution is -2.12. The molecule has 7 nitrogen and oxygen atoms in total. The summed E-state index contributed by atoms with van der Waals surface area (Å²) in [4.78, 5) is 2.63. The summed E-state index contributed by atoms with van der Waals surface area (Å²) in [7, 11) is 0. The van der Waals surface area contributed by atoms with Crippen molar-refractivity contribution in [2.24, 2.45) is 5.11 Å². The van der Waals surface area contributed by atoms with E-state index in [0.717, 1.165) is 0 Å². The molecule has 0 aromatic heterocycles. The SMILES string of the molecule is CC(C)=C(C)COCCOCCOCCOCCN=[N+]=[N-]. The van der Waals surface area contributed by atoms with Crippen molar-refractivity contribution in [1.29, 1.82) is 0 Å². The first-order valence-corrected chi connectivity index (χ1v) is 7.13. The molecule has 0 aliphatic heterocycles. The van der Waals surface area contributed by atoms with Gasteiger partial charge in [0.15, 0.2) is 0 Å². The van der Waals surface area contributed by atoms with Gasteiger partial charge in [-0.05, 0) is 31.9 Å². The highest BCUT2D eigenvalue weighted by Gasteiger charge is 1.94. The summed E-state index contributed by atoms with van der Waals surface area (Å²) in [6.45, 7) is 10.9. The molecule has 21 heavy (non-hydrogen) atoms. The van der Waals surface area contributed by atoms with E-state index in [-0.39, 0.29) is 0 Å². The van der Waals surface area contributed by atoms with Gasteiger partial charge in [0.25, 0.3) is 0 Å². The molecule has 0 spiro atoms. The minimum atomic E-state index is 0.353. The number of hydrogen-bond acceptors (Lipinski definition) is 5. The molecule has 122 valence electrons. The number of azide groups is 1. The highest BCUT2D eigenvalue weighted by molar-refractivity contribution is 5.06. The van der Waals surface area contributed by atoms with Crippen molar-refractivity contribution in [2.75, 3.05) is 59.4 Å². The molecule has 0 fully saturated rings. The molecule has 0 aromatic rings. The summed E-state index contributed by atoms with van der Waals surface area (Å²) in [5.74, 6) is 0. The molecule has 0 rings (SSSR count). The molecular formula is C14H27N3O4. The van der Waals surface area contributed by atoms with Crippen LogP contribution >= 0.6 is 0 Å². The third-order valence-corrected chi connectivity index (χ3v) is 2.69. The summed E-state index contributed by atoms with van der Waals surface area (Å²) in [5, 5.41) is 3.35. The van der Waals surface area contributed by atoms with Gasteiger partial charge in [0.2, 0.25) is 0 Å². The number of nitrogens with zero attached hydrogens (tertiary/aromatic N) is 3. The Morgan fingerprint density at radius 3 is 1.76 bits per heavy atom. The first kappa shape index (κ1) is 19.9. The molecule has 0 saturated carbocycles. The van der Waals surface area contributed by atoms with Gasteiger partial charge in [-0.3, -0.25) is 0 Å². The Labute approximate surface area is 126 Å². The normalized spacial score (nSPS) is 10.2. The van der Waals surface area contributed by atoms with Gasteiger partial charge < -0.3 is 18.9 Å². The van der Waals surface area contributed by atoms with E-state index >= 15 is 0 Å². The van der Waals surface area contributed by atoms with Gasteiger partial charge in [-0.25, -0.2) is 0 Å². The zero-order valence-electron chi connectivity index (χ0n) is 13.3. The van der Waals surface area contributed by atoms with E-state index < -0.39 is 0 Å². The Morgan fingerprint density at radius 2 is 1.29 bits per heavy atom. The second kappa shape index (κ2) is 15.3. The maximum absolute atomic E-state index is 8.05. The molecule has 0 radical (unpaired) electrons. The fraction of sp³-hybridized carbons (Fsp3) is 0.857. The standard InChI is InChI=1S/C14H27N3O4/c1-13(2)14(3)12-21-11-10-20-9-8-19-7-6-18-5-4-16-17-15/h4-12H2,1-3H3. The first-order chi connectivity index (χ1) is 10.2. The Bertz CT molecular complexity index is 324. The molecule has 7 heteroatoms. The summed E-state index contributed by atoms with van der Waals surface area (Å²) < 4.78 is 21.3. The van der Waals surface area contributed by atoms with Crippen LogP contribution in [0, 0.1) is 0 Å². The van der Waals surface area contributed by atoms with Gasteiger partial charge >= 0.3 is 0 Å². The van der Waals surface area contributed by atoms with Crippen LogP contribution in [-0.4, -0.2) is 59.4 Å². The number of ether oxygens (including phenoxy) is 4. The zero-order valence-corrected chi connectivity index (χ0v) is 13.3. The van der Waals surface area contributed by atoms with Crippen molar-refractivity contribution in [1.82, 2.24) is 0 Å². The number of rotatable bonds is 14. The second-order valence-corrected chi connectivity index (χ2v) is 4.62. The van der Waals surface area contributed by atoms with Gasteiger partial charge in [0.1, 0.15) is 0 Å². The van der Waals surface area contributed by atoms with Crippen LogP contribution in [0.4, 0.5) is 0 Å². The average molecular weight is 301 g/mol. The maximum Gasteiger partial charge on any atom is 0.0704 e. The lowest BCUT2D eigenvalue weighted by molar-refractivity contribution is 0.00124. The van der Waals surface area contributed by atoms with E-state index in [1.54, 1.807) is 0 Å². The Balaban J connectivity index is 3.12. The maximum atomic E-state index is 8.05. The van der Waals surface area contributed by atoms with Gasteiger partial charge in [0.05, 0.1) is 52.9 Å². The molecule has 0 aromatic carbocycles. The van der Waals surface area contributed by atoms with Crippen molar-refractivity contribution in [2.45, 2.75) is 20.8 Å². The molecule has 0 saturated heterocycles. The van der Waals surface area contributed by atoms with Crippen molar-refractivity contribution in [3.8, 4) is 0 Å². The minimum absolute atomic E-state index is 0.353. The third kappa shape index (κ3) is 15.1. The molecule has 0 amide bonds. The van der Waals surface area contributed by atoms with Crippen LogP contribution in [-0.2, 0) is 18.9 Å². The summed E-state index contributed by atoms with van der Waals surface area (Å²) >= 11 is 0. The van der Waals surface area contributed by atoms with Crippen LogP contribution in [0.1, 0.15) is 20.8 Å². The molecule has 0 unspecified atom stereocenters. The lowest BCUT2D eigenvalue weighted by atomic mass is 10.2. The summed E-state index contributed by atoms with van der Waals surface area (Å²) in [6.07, 6.45) is 0. The van der Waals surface area contributed by atoms with Crippen LogP contribution in [0.5, 0.6) is 0 Å². The molecule has 0 aliphatic carbocycles. The van der Waals surface area contributed by atoms with Crippen molar-refractivity contribution in [3.05, 3.63) is 21.6 Å². The number of allylic oxidation sites excluding steroid dienone is 1. The Morgan fingerprint density at radius 1 is 0.810 bits per heavy atom. The highest BCUT2D eigenvalue weighted by Crippen LogP contribution is 2.01. The molecule has 0 N–H and O–H groups in total. The highest BCUT2D eigenvalue weighted by atomic mass is 16.6. The van der Waals surface area contributed by atoms with Gasteiger partial charge in [-0.15, -0.1) is 0 Å². The van der Waals surface area contributed by atoms with Crippen molar-refractivity contribution >= 4 is 0 Å². The minimum Gasteiger partial charge on any atom is -0.379 e. The monoisotopic (exact) mass is 301 g/mol. The van der Waals surface area contributed by atoms with Gasteiger partial charge in [-0.1, -0.05) is 10.7 Å². The van der Waals surface area contributed by atoms with Crippen LogP contribution in [0.2, 0.25) is 0 Å². The van der Waals surface area contributed by atoms with Crippen LogP contribution in [0.3, 0.4) is 0 Å². The van der Waals surface area contributed by atoms with Crippen molar-refractivity contribution in [3.63, 3.8) is 0 Å². The second-order valence-electron chi connectivity index (χ2n) is 4.62. The molecule has 0 aliphatic rings. The average Bonchev–Trinajstić information content (AvgIpc) is 2.47. The van der Waals surface area contributed by atoms with Gasteiger partial charge in [0, 0.05) is 11.5 Å². The van der Waals surface area contributed by atoms with Crippen LogP contribution in [0.25, 0.3) is 10.4 Å². The van der Waals surface area contributed by atoms with E-state index in [1.165, 1.54) is 11.1 Å². The van der Waals surface area contributed by atoms with Gasteiger partial charge in [-0.2, -0.15) is 0 Å².